The maximum absolute atomic E-state index is 13.6. The fourth-order valence-corrected chi connectivity index (χ4v) is 3.49. The van der Waals surface area contributed by atoms with Crippen LogP contribution in [0.5, 0.6) is 5.88 Å². The molecule has 164 valence electrons. The molecular weight excluding hydrogens is 412 g/mol. The zero-order chi connectivity index (χ0) is 21.8. The fourth-order valence-electron chi connectivity index (χ4n) is 3.49. The van der Waals surface area contributed by atoms with Gasteiger partial charge in [0.15, 0.2) is 5.82 Å². The first-order chi connectivity index (χ1) is 14.2. The van der Waals surface area contributed by atoms with E-state index in [1.807, 2.05) is 6.07 Å². The number of halogens is 4. The number of carboxylic acids is 1. The van der Waals surface area contributed by atoms with Crippen molar-refractivity contribution in [2.24, 2.45) is 5.92 Å². The van der Waals surface area contributed by atoms with Gasteiger partial charge in [0.1, 0.15) is 0 Å². The molecule has 0 radical (unpaired) electrons. The van der Waals surface area contributed by atoms with Crippen LogP contribution in [0, 0.1) is 11.7 Å². The molecule has 2 fully saturated rings. The molecule has 4 heterocycles. The van der Waals surface area contributed by atoms with E-state index in [0.717, 1.165) is 32.7 Å². The fraction of sp³-hybridized carbons (Fsp3) is 0.474. The van der Waals surface area contributed by atoms with E-state index in [1.165, 1.54) is 17.8 Å². The highest BCUT2D eigenvalue weighted by Crippen LogP contribution is 2.40. The number of pyridine rings is 1. The Morgan fingerprint density at radius 3 is 2.70 bits per heavy atom. The molecular formula is C19H20F4N2O5. The van der Waals surface area contributed by atoms with Crippen LogP contribution in [0.4, 0.5) is 17.6 Å². The van der Waals surface area contributed by atoms with Crippen molar-refractivity contribution < 1.29 is 41.4 Å². The third-order valence-electron chi connectivity index (χ3n) is 4.96. The summed E-state index contributed by atoms with van der Waals surface area (Å²) in [6, 6.07) is 4.90. The molecule has 2 aliphatic heterocycles. The molecule has 2 aromatic rings. The number of rotatable bonds is 5. The number of aromatic nitrogens is 1. The lowest BCUT2D eigenvalue weighted by Gasteiger charge is -2.50. The van der Waals surface area contributed by atoms with Crippen LogP contribution in [-0.2, 0) is 16.1 Å². The minimum Gasteiger partial charge on any atom is -0.475 e. The van der Waals surface area contributed by atoms with E-state index < -0.39 is 18.0 Å². The first-order valence-corrected chi connectivity index (χ1v) is 9.10. The van der Waals surface area contributed by atoms with Gasteiger partial charge in [-0.25, -0.2) is 14.2 Å². The number of alkyl halides is 3. The van der Waals surface area contributed by atoms with E-state index in [1.54, 1.807) is 18.6 Å². The lowest BCUT2D eigenvalue weighted by molar-refractivity contribution is -0.192. The van der Waals surface area contributed by atoms with Crippen LogP contribution in [-0.4, -0.2) is 59.0 Å². The van der Waals surface area contributed by atoms with Gasteiger partial charge in [-0.1, -0.05) is 0 Å². The first-order valence-electron chi connectivity index (χ1n) is 9.10. The van der Waals surface area contributed by atoms with Gasteiger partial charge in [0, 0.05) is 43.9 Å². The van der Waals surface area contributed by atoms with Crippen molar-refractivity contribution in [2.75, 3.05) is 26.3 Å². The molecule has 0 saturated carbocycles. The normalized spacial score (nSPS) is 20.3. The summed E-state index contributed by atoms with van der Waals surface area (Å²) in [5.74, 6) is -2.84. The summed E-state index contributed by atoms with van der Waals surface area (Å²) in [5, 5.41) is 7.12. The van der Waals surface area contributed by atoms with E-state index in [9.17, 15) is 17.6 Å². The molecule has 4 rings (SSSR count). The molecule has 7 nitrogen and oxygen atoms in total. The summed E-state index contributed by atoms with van der Waals surface area (Å²) in [6.45, 7) is 3.78. The van der Waals surface area contributed by atoms with Gasteiger partial charge in [-0.3, -0.25) is 4.90 Å². The second-order valence-electron chi connectivity index (χ2n) is 7.08. The molecule has 0 amide bonds. The van der Waals surface area contributed by atoms with Gasteiger partial charge in [0.2, 0.25) is 5.88 Å². The van der Waals surface area contributed by atoms with E-state index >= 15 is 0 Å². The lowest BCUT2D eigenvalue weighted by atomic mass is 9.81. The van der Waals surface area contributed by atoms with Crippen molar-refractivity contribution in [1.82, 2.24) is 9.88 Å². The summed E-state index contributed by atoms with van der Waals surface area (Å²) in [4.78, 5) is 15.2. The number of nitrogens with zero attached hydrogens (tertiary/aromatic N) is 2. The molecule has 2 aliphatic rings. The molecule has 2 aromatic heterocycles. The number of hydrogen-bond acceptors (Lipinski definition) is 6. The van der Waals surface area contributed by atoms with Crippen molar-refractivity contribution in [3.05, 3.63) is 48.3 Å². The minimum absolute atomic E-state index is 0.0733. The maximum atomic E-state index is 13.6. The number of hydrogen-bond donors (Lipinski definition) is 1. The Bertz CT molecular complexity index is 838. The molecule has 0 aliphatic carbocycles. The van der Waals surface area contributed by atoms with E-state index in [0.29, 0.717) is 6.61 Å². The zero-order valence-corrected chi connectivity index (χ0v) is 15.8. The topological polar surface area (TPSA) is 85.0 Å². The minimum atomic E-state index is -5.08. The van der Waals surface area contributed by atoms with Crippen molar-refractivity contribution in [3.8, 4) is 5.88 Å². The molecule has 1 unspecified atom stereocenters. The Morgan fingerprint density at radius 2 is 2.10 bits per heavy atom. The van der Waals surface area contributed by atoms with E-state index in [-0.39, 0.29) is 17.4 Å². The number of likely N-dealkylation sites (tertiary alicyclic amines) is 1. The second kappa shape index (κ2) is 9.00. The van der Waals surface area contributed by atoms with Crippen LogP contribution in [0.2, 0.25) is 0 Å². The van der Waals surface area contributed by atoms with Crippen LogP contribution in [0.1, 0.15) is 12.0 Å². The number of aliphatic carboxylic acids is 1. The molecule has 11 heteroatoms. The molecule has 30 heavy (non-hydrogen) atoms. The monoisotopic (exact) mass is 432 g/mol. The third kappa shape index (κ3) is 5.28. The highest BCUT2D eigenvalue weighted by atomic mass is 19.4. The van der Waals surface area contributed by atoms with Gasteiger partial charge in [-0.15, -0.1) is 0 Å². The Labute approximate surface area is 169 Å². The maximum Gasteiger partial charge on any atom is 0.490 e. The van der Waals surface area contributed by atoms with Crippen molar-refractivity contribution in [3.63, 3.8) is 0 Å². The molecule has 1 atom stereocenters. The van der Waals surface area contributed by atoms with Gasteiger partial charge in [-0.05, 0) is 24.6 Å². The Kier molecular flexibility index (Phi) is 6.61. The van der Waals surface area contributed by atoms with Crippen LogP contribution in [0.15, 0.2) is 41.3 Å². The number of carbonyl (C=O) groups is 1. The van der Waals surface area contributed by atoms with Gasteiger partial charge in [0.25, 0.3) is 0 Å². The zero-order valence-electron chi connectivity index (χ0n) is 15.8. The third-order valence-corrected chi connectivity index (χ3v) is 4.96. The summed E-state index contributed by atoms with van der Waals surface area (Å²) in [7, 11) is 0. The highest BCUT2D eigenvalue weighted by Gasteiger charge is 2.53. The lowest BCUT2D eigenvalue weighted by Crippen LogP contribution is -2.64. The van der Waals surface area contributed by atoms with Gasteiger partial charge in [0.05, 0.1) is 24.7 Å². The summed E-state index contributed by atoms with van der Waals surface area (Å²) in [6.07, 6.45) is 0.850. The van der Waals surface area contributed by atoms with Crippen molar-refractivity contribution >= 4 is 5.97 Å². The van der Waals surface area contributed by atoms with Crippen molar-refractivity contribution in [2.45, 2.75) is 24.7 Å². The summed E-state index contributed by atoms with van der Waals surface area (Å²) < 4.78 is 62.0. The first kappa shape index (κ1) is 22.0. The number of carboxylic acid groups (broad SMARTS) is 1. The predicted molar refractivity (Wildman–Crippen MR) is 94.2 cm³/mol. The smallest absolute Gasteiger partial charge is 0.475 e. The van der Waals surface area contributed by atoms with Crippen molar-refractivity contribution in [1.29, 1.82) is 0 Å². The van der Waals surface area contributed by atoms with E-state index in [2.05, 4.69) is 9.88 Å². The van der Waals surface area contributed by atoms with Gasteiger partial charge in [-0.2, -0.15) is 13.2 Å². The van der Waals surface area contributed by atoms with E-state index in [4.69, 9.17) is 23.8 Å². The van der Waals surface area contributed by atoms with Crippen LogP contribution >= 0.6 is 0 Å². The number of ether oxygens (including phenoxy) is 2. The van der Waals surface area contributed by atoms with Gasteiger partial charge < -0.3 is 19.0 Å². The SMILES string of the molecule is Fc1cccnc1OCC1CCOC12CN(Cc1ccoc1)C2.O=C(O)C(F)(F)F. The summed E-state index contributed by atoms with van der Waals surface area (Å²) >= 11 is 0. The van der Waals surface area contributed by atoms with Crippen LogP contribution in [0.25, 0.3) is 0 Å². The molecule has 0 bridgehead atoms. The Balaban J connectivity index is 0.000000318. The predicted octanol–water partition coefficient (Wildman–Crippen LogP) is 3.12. The standard InChI is InChI=1S/C17H19FN2O3.C2HF3O2/c18-15-2-1-5-19-16(15)22-10-14-4-7-23-17(14)11-20(12-17)8-13-3-6-21-9-13;3-2(4,5)1(6)7/h1-3,5-6,9,14H,4,7-8,10-12H2;(H,6,7). The Hall–Kier alpha value is -2.66. The molecule has 1 spiro atoms. The quantitative estimate of drug-likeness (QED) is 0.727. The van der Waals surface area contributed by atoms with Crippen LogP contribution < -0.4 is 4.74 Å². The molecule has 0 aromatic carbocycles. The molecule has 2 saturated heterocycles. The average molecular weight is 432 g/mol. The molecule has 1 N–H and O–H groups in total. The van der Waals surface area contributed by atoms with Gasteiger partial charge >= 0.3 is 12.1 Å². The summed E-state index contributed by atoms with van der Waals surface area (Å²) in [5.41, 5.74) is 1.01. The highest BCUT2D eigenvalue weighted by molar-refractivity contribution is 5.73. The largest absolute Gasteiger partial charge is 0.490 e. The number of furan rings is 1. The van der Waals surface area contributed by atoms with Crippen LogP contribution in [0.3, 0.4) is 0 Å². The average Bonchev–Trinajstić information content (AvgIpc) is 3.30. The second-order valence-corrected chi connectivity index (χ2v) is 7.08. The Morgan fingerprint density at radius 1 is 1.37 bits per heavy atom.